The van der Waals surface area contributed by atoms with Gasteiger partial charge in [-0.2, -0.15) is 0 Å². The van der Waals surface area contributed by atoms with Crippen LogP contribution in [0.25, 0.3) is 0 Å². The van der Waals surface area contributed by atoms with Gasteiger partial charge in [-0.05, 0) is 27.7 Å². The van der Waals surface area contributed by atoms with E-state index in [4.69, 9.17) is 25.5 Å². The zero-order valence-electron chi connectivity index (χ0n) is 12.1. The molecule has 0 aromatic rings. The molecule has 0 radical (unpaired) electrons. The van der Waals surface area contributed by atoms with Crippen LogP contribution in [0.15, 0.2) is 0 Å². The normalized spacial score (nSPS) is 15.2. The maximum atomic E-state index is 9.90. The summed E-state index contributed by atoms with van der Waals surface area (Å²) in [5.41, 5.74) is 0. The van der Waals surface area contributed by atoms with E-state index in [0.717, 1.165) is 0 Å². The summed E-state index contributed by atoms with van der Waals surface area (Å²) in [4.78, 5) is 28.8. The molecular formula is C12H24O8. The summed E-state index contributed by atoms with van der Waals surface area (Å²) < 4.78 is 0. The zero-order valence-corrected chi connectivity index (χ0v) is 12.1. The lowest BCUT2D eigenvalue weighted by atomic mass is 10.0. The summed E-state index contributed by atoms with van der Waals surface area (Å²) in [5, 5.41) is 43.5. The van der Waals surface area contributed by atoms with Crippen LogP contribution in [0.3, 0.4) is 0 Å². The molecule has 120 valence electrons. The average Bonchev–Trinajstić information content (AvgIpc) is 2.33. The Labute approximate surface area is 117 Å². The summed E-state index contributed by atoms with van der Waals surface area (Å²) in [6.07, 6.45) is -6.84. The zero-order chi connectivity index (χ0) is 16.9. The highest BCUT2D eigenvalue weighted by molar-refractivity contribution is 5.72. The molecule has 8 nitrogen and oxygen atoms in total. The number of rotatable bonds is 5. The van der Waals surface area contributed by atoms with Crippen molar-refractivity contribution in [3.8, 4) is 0 Å². The van der Waals surface area contributed by atoms with Gasteiger partial charge in [-0.25, -0.2) is 0 Å². The molecule has 0 aromatic carbocycles. The molecule has 0 aliphatic heterocycles. The van der Waals surface area contributed by atoms with Gasteiger partial charge < -0.3 is 39.9 Å². The average molecular weight is 296 g/mol. The Morgan fingerprint density at radius 3 is 1.40 bits per heavy atom. The van der Waals surface area contributed by atoms with Crippen LogP contribution in [0, 0.1) is 0 Å². The number of Topliss-reactive ketones (excluding diaryl/α,β-unsaturated/α-hetero) is 2. The van der Waals surface area contributed by atoms with Crippen molar-refractivity contribution in [3.05, 3.63) is 0 Å². The van der Waals surface area contributed by atoms with Crippen molar-refractivity contribution in [2.45, 2.75) is 52.1 Å². The molecule has 0 aliphatic rings. The minimum atomic E-state index is -1.79. The second-order valence-corrected chi connectivity index (χ2v) is 4.17. The summed E-state index contributed by atoms with van der Waals surface area (Å²) in [5.74, 6) is 0.333. The molecule has 0 spiro atoms. The molecule has 0 saturated heterocycles. The SMILES string of the molecule is CC(C)=O.CC(C)=O.O=C[C@H](O)[C@H](O)[C@H](O)[C@H](O)CO. The number of aliphatic hydroxyl groups excluding tert-OH is 5. The molecule has 0 bridgehead atoms. The van der Waals surface area contributed by atoms with Gasteiger partial charge in [-0.1, -0.05) is 0 Å². The topological polar surface area (TPSA) is 152 Å². The smallest absolute Gasteiger partial charge is 0.151 e. The molecule has 8 heteroatoms. The van der Waals surface area contributed by atoms with Gasteiger partial charge >= 0.3 is 0 Å². The van der Waals surface area contributed by atoms with Crippen molar-refractivity contribution >= 4 is 17.9 Å². The Bertz CT molecular complexity index is 259. The first-order valence-electron chi connectivity index (χ1n) is 5.73. The van der Waals surface area contributed by atoms with Gasteiger partial charge in [0.25, 0.3) is 0 Å². The van der Waals surface area contributed by atoms with E-state index < -0.39 is 31.0 Å². The van der Waals surface area contributed by atoms with Crippen LogP contribution in [-0.2, 0) is 14.4 Å². The fraction of sp³-hybridized carbons (Fsp3) is 0.750. The summed E-state index contributed by atoms with van der Waals surface area (Å²) in [7, 11) is 0. The van der Waals surface area contributed by atoms with E-state index in [9.17, 15) is 14.4 Å². The first-order chi connectivity index (χ1) is 9.00. The number of ketones is 2. The van der Waals surface area contributed by atoms with Crippen LogP contribution < -0.4 is 0 Å². The van der Waals surface area contributed by atoms with Gasteiger partial charge in [-0.15, -0.1) is 0 Å². The van der Waals surface area contributed by atoms with Crippen LogP contribution in [-0.4, -0.2) is 74.4 Å². The van der Waals surface area contributed by atoms with Crippen molar-refractivity contribution in [3.63, 3.8) is 0 Å². The van der Waals surface area contributed by atoms with Crippen molar-refractivity contribution in [2.75, 3.05) is 6.61 Å². The summed E-state index contributed by atoms with van der Waals surface area (Å²) in [6, 6.07) is 0. The standard InChI is InChI=1S/C6H12O6.2C3H6O/c7-1-3(9)5(11)6(12)4(10)2-8;2*1-3(2)4/h1,3-6,8-12H,2H2;2*1-2H3/t3-,4+,5-,6+;;/m0../s1. The Kier molecular flexibility index (Phi) is 17.0. The Morgan fingerprint density at radius 1 is 0.900 bits per heavy atom. The Balaban J connectivity index is -0.000000297. The summed E-state index contributed by atoms with van der Waals surface area (Å²) in [6.45, 7) is 5.35. The first kappa shape index (κ1) is 23.9. The van der Waals surface area contributed by atoms with E-state index in [1.807, 2.05) is 0 Å². The van der Waals surface area contributed by atoms with Gasteiger partial charge in [0.1, 0.15) is 36.0 Å². The number of carbonyl (C=O) groups is 3. The van der Waals surface area contributed by atoms with Gasteiger partial charge in [0, 0.05) is 0 Å². The molecule has 0 amide bonds. The number of hydrogen-bond acceptors (Lipinski definition) is 8. The van der Waals surface area contributed by atoms with Crippen molar-refractivity contribution in [1.82, 2.24) is 0 Å². The highest BCUT2D eigenvalue weighted by atomic mass is 16.4. The fourth-order valence-corrected chi connectivity index (χ4v) is 0.618. The third kappa shape index (κ3) is 19.2. The molecule has 5 N–H and O–H groups in total. The Hall–Kier alpha value is -1.19. The van der Waals surface area contributed by atoms with E-state index in [1.54, 1.807) is 0 Å². The maximum Gasteiger partial charge on any atom is 0.151 e. The quantitative estimate of drug-likeness (QED) is 0.359. The largest absolute Gasteiger partial charge is 0.394 e. The van der Waals surface area contributed by atoms with E-state index in [-0.39, 0.29) is 17.9 Å². The minimum Gasteiger partial charge on any atom is -0.394 e. The molecule has 0 rings (SSSR count). The predicted molar refractivity (Wildman–Crippen MR) is 69.9 cm³/mol. The fourth-order valence-electron chi connectivity index (χ4n) is 0.618. The molecule has 0 fully saturated rings. The molecule has 0 aromatic heterocycles. The highest BCUT2D eigenvalue weighted by Gasteiger charge is 2.29. The Morgan fingerprint density at radius 2 is 1.20 bits per heavy atom. The number of aliphatic hydroxyl groups is 5. The lowest BCUT2D eigenvalue weighted by Gasteiger charge is -2.22. The molecular weight excluding hydrogens is 272 g/mol. The van der Waals surface area contributed by atoms with Gasteiger partial charge in [0.15, 0.2) is 6.29 Å². The van der Waals surface area contributed by atoms with Crippen LogP contribution in [0.1, 0.15) is 27.7 Å². The third-order valence-electron chi connectivity index (χ3n) is 1.42. The van der Waals surface area contributed by atoms with E-state index >= 15 is 0 Å². The molecule has 0 heterocycles. The van der Waals surface area contributed by atoms with E-state index in [2.05, 4.69) is 0 Å². The van der Waals surface area contributed by atoms with Gasteiger partial charge in [0.05, 0.1) is 6.61 Å². The number of hydrogen-bond donors (Lipinski definition) is 5. The monoisotopic (exact) mass is 296 g/mol. The van der Waals surface area contributed by atoms with Crippen molar-refractivity contribution in [1.29, 1.82) is 0 Å². The van der Waals surface area contributed by atoms with Gasteiger partial charge in [0.2, 0.25) is 0 Å². The minimum absolute atomic E-state index is 0.0258. The van der Waals surface area contributed by atoms with Crippen LogP contribution in [0.2, 0.25) is 0 Å². The predicted octanol–water partition coefficient (Wildman–Crippen LogP) is -2.19. The lowest BCUT2D eigenvalue weighted by Crippen LogP contribution is -2.46. The van der Waals surface area contributed by atoms with Crippen LogP contribution >= 0.6 is 0 Å². The third-order valence-corrected chi connectivity index (χ3v) is 1.42. The lowest BCUT2D eigenvalue weighted by molar-refractivity contribution is -0.136. The molecule has 0 saturated carbocycles. The maximum absolute atomic E-state index is 9.90. The van der Waals surface area contributed by atoms with E-state index in [1.165, 1.54) is 27.7 Å². The van der Waals surface area contributed by atoms with Crippen LogP contribution in [0.4, 0.5) is 0 Å². The first-order valence-corrected chi connectivity index (χ1v) is 5.73. The second-order valence-electron chi connectivity index (χ2n) is 4.17. The molecule has 0 aliphatic carbocycles. The molecule has 4 atom stereocenters. The highest BCUT2D eigenvalue weighted by Crippen LogP contribution is 2.02. The molecule has 20 heavy (non-hydrogen) atoms. The number of carbonyl (C=O) groups excluding carboxylic acids is 3. The second kappa shape index (κ2) is 14.2. The van der Waals surface area contributed by atoms with Crippen molar-refractivity contribution in [2.24, 2.45) is 0 Å². The summed E-state index contributed by atoms with van der Waals surface area (Å²) >= 11 is 0. The van der Waals surface area contributed by atoms with E-state index in [0.29, 0.717) is 0 Å². The number of aldehydes is 1. The van der Waals surface area contributed by atoms with Crippen LogP contribution in [0.5, 0.6) is 0 Å². The van der Waals surface area contributed by atoms with Crippen molar-refractivity contribution < 1.29 is 39.9 Å². The molecule has 0 unspecified atom stereocenters. The van der Waals surface area contributed by atoms with Gasteiger partial charge in [-0.3, -0.25) is 0 Å².